The third kappa shape index (κ3) is 5.22. The van der Waals surface area contributed by atoms with Crippen molar-refractivity contribution in [2.24, 2.45) is 0 Å². The molecule has 0 atom stereocenters. The van der Waals surface area contributed by atoms with Crippen LogP contribution >= 0.6 is 11.6 Å². The molecule has 0 unspecified atom stereocenters. The Hall–Kier alpha value is -2.53. The maximum Gasteiger partial charge on any atom is 0.226 e. The number of anilines is 2. The van der Waals surface area contributed by atoms with E-state index in [0.717, 1.165) is 11.3 Å². The fraction of sp³-hybridized carbons (Fsp3) is 0.263. The predicted octanol–water partition coefficient (Wildman–Crippen LogP) is 4.30. The van der Waals surface area contributed by atoms with Gasteiger partial charge in [-0.05, 0) is 49.7 Å². The van der Waals surface area contributed by atoms with Gasteiger partial charge in [0.05, 0.1) is 12.8 Å². The van der Waals surface area contributed by atoms with Crippen molar-refractivity contribution in [3.63, 3.8) is 0 Å². The summed E-state index contributed by atoms with van der Waals surface area (Å²) < 4.78 is 5.29. The normalized spacial score (nSPS) is 10.2. The molecule has 5 nitrogen and oxygen atoms in total. The van der Waals surface area contributed by atoms with Crippen molar-refractivity contribution in [3.05, 3.63) is 52.5 Å². The zero-order chi connectivity index (χ0) is 18.4. The maximum absolute atomic E-state index is 12.0. The van der Waals surface area contributed by atoms with Gasteiger partial charge in [0, 0.05) is 35.3 Å². The fourth-order valence-electron chi connectivity index (χ4n) is 2.29. The zero-order valence-electron chi connectivity index (χ0n) is 14.5. The molecule has 0 aliphatic carbocycles. The Morgan fingerprint density at radius 1 is 1.16 bits per heavy atom. The van der Waals surface area contributed by atoms with Crippen molar-refractivity contribution in [3.8, 4) is 5.75 Å². The van der Waals surface area contributed by atoms with E-state index < -0.39 is 0 Å². The lowest BCUT2D eigenvalue weighted by molar-refractivity contribution is -0.115. The quantitative estimate of drug-likeness (QED) is 0.722. The summed E-state index contributed by atoms with van der Waals surface area (Å²) in [7, 11) is 1.57. The van der Waals surface area contributed by atoms with Gasteiger partial charge < -0.3 is 15.4 Å². The minimum Gasteiger partial charge on any atom is -0.495 e. The molecular formula is C19H21ClN2O3. The summed E-state index contributed by atoms with van der Waals surface area (Å²) in [6.45, 7) is 3.87. The summed E-state index contributed by atoms with van der Waals surface area (Å²) in [4.78, 5) is 23.3. The van der Waals surface area contributed by atoms with Crippen LogP contribution in [0.1, 0.15) is 29.3 Å². The Labute approximate surface area is 152 Å². The highest BCUT2D eigenvalue weighted by atomic mass is 35.5. The Kier molecular flexibility index (Phi) is 6.42. The maximum atomic E-state index is 12.0. The van der Waals surface area contributed by atoms with Gasteiger partial charge in [-0.3, -0.25) is 9.59 Å². The van der Waals surface area contributed by atoms with E-state index in [4.69, 9.17) is 16.3 Å². The lowest BCUT2D eigenvalue weighted by Crippen LogP contribution is -2.16. The molecule has 25 heavy (non-hydrogen) atoms. The van der Waals surface area contributed by atoms with Crippen LogP contribution in [0.2, 0.25) is 5.02 Å². The number of carbonyl (C=O) groups excluding carboxylic acids is 2. The van der Waals surface area contributed by atoms with Gasteiger partial charge in [-0.15, -0.1) is 0 Å². The van der Waals surface area contributed by atoms with Gasteiger partial charge in [-0.25, -0.2) is 0 Å². The summed E-state index contributed by atoms with van der Waals surface area (Å²) in [5, 5.41) is 6.62. The molecule has 0 spiro atoms. The van der Waals surface area contributed by atoms with Crippen molar-refractivity contribution in [1.29, 1.82) is 0 Å². The van der Waals surface area contributed by atoms with Crippen molar-refractivity contribution in [2.45, 2.75) is 20.3 Å². The number of ketones is 1. The number of hydrogen-bond donors (Lipinski definition) is 2. The first-order valence-corrected chi connectivity index (χ1v) is 8.27. The molecule has 1 amide bonds. The van der Waals surface area contributed by atoms with Crippen LogP contribution in [-0.4, -0.2) is 25.3 Å². The third-order valence-electron chi connectivity index (χ3n) is 3.72. The average molecular weight is 361 g/mol. The van der Waals surface area contributed by atoms with Crippen molar-refractivity contribution < 1.29 is 14.3 Å². The number of rotatable bonds is 7. The van der Waals surface area contributed by atoms with E-state index in [1.807, 2.05) is 13.0 Å². The fourth-order valence-corrected chi connectivity index (χ4v) is 2.45. The molecule has 0 aliphatic heterocycles. The molecule has 2 aromatic carbocycles. The number of ether oxygens (including phenoxy) is 1. The van der Waals surface area contributed by atoms with E-state index in [1.54, 1.807) is 37.4 Å². The van der Waals surface area contributed by atoms with Gasteiger partial charge >= 0.3 is 0 Å². The second-order valence-corrected chi connectivity index (χ2v) is 6.07. The number of amides is 1. The number of halogens is 1. The summed E-state index contributed by atoms with van der Waals surface area (Å²) >= 11 is 6.08. The van der Waals surface area contributed by atoms with Crippen LogP contribution in [0.4, 0.5) is 11.4 Å². The average Bonchev–Trinajstić information content (AvgIpc) is 2.58. The van der Waals surface area contributed by atoms with E-state index in [1.165, 1.54) is 6.92 Å². The molecule has 0 saturated heterocycles. The molecule has 0 fully saturated rings. The smallest absolute Gasteiger partial charge is 0.226 e. The number of carbonyl (C=O) groups is 2. The van der Waals surface area contributed by atoms with Gasteiger partial charge in [-0.2, -0.15) is 0 Å². The molecular weight excluding hydrogens is 340 g/mol. The van der Waals surface area contributed by atoms with Gasteiger partial charge in [0.1, 0.15) is 5.75 Å². The first-order chi connectivity index (χ1) is 11.9. The number of Topliss-reactive ketones (excluding diaryl/α,β-unsaturated/α-hetero) is 1. The molecule has 132 valence electrons. The topological polar surface area (TPSA) is 67.4 Å². The summed E-state index contributed by atoms with van der Waals surface area (Å²) in [5.74, 6) is 0.512. The van der Waals surface area contributed by atoms with E-state index in [-0.39, 0.29) is 11.7 Å². The van der Waals surface area contributed by atoms with E-state index in [9.17, 15) is 9.59 Å². The van der Waals surface area contributed by atoms with E-state index in [0.29, 0.717) is 35.0 Å². The SMILES string of the molecule is COc1cc(Cl)c(C)cc1NCCC(=O)Nc1ccc(C(C)=O)cc1. The minimum absolute atomic E-state index is 0.00529. The number of aryl methyl sites for hydroxylation is 1. The first kappa shape index (κ1) is 18.8. The second kappa shape index (κ2) is 8.53. The molecule has 0 aliphatic rings. The third-order valence-corrected chi connectivity index (χ3v) is 4.13. The number of nitrogens with one attached hydrogen (secondary N) is 2. The van der Waals surface area contributed by atoms with Crippen molar-refractivity contribution in [2.75, 3.05) is 24.3 Å². The molecule has 0 radical (unpaired) electrons. The van der Waals surface area contributed by atoms with Crippen LogP contribution in [0.25, 0.3) is 0 Å². The number of hydrogen-bond acceptors (Lipinski definition) is 4. The highest BCUT2D eigenvalue weighted by molar-refractivity contribution is 6.31. The van der Waals surface area contributed by atoms with Gasteiger partial charge in [-0.1, -0.05) is 11.6 Å². The van der Waals surface area contributed by atoms with Crippen molar-refractivity contribution in [1.82, 2.24) is 0 Å². The van der Waals surface area contributed by atoms with Gasteiger partial charge in [0.2, 0.25) is 5.91 Å². The molecule has 0 aromatic heterocycles. The summed E-state index contributed by atoms with van der Waals surface area (Å²) in [5.41, 5.74) is 3.00. The predicted molar refractivity (Wildman–Crippen MR) is 101 cm³/mol. The Morgan fingerprint density at radius 3 is 2.44 bits per heavy atom. The lowest BCUT2D eigenvalue weighted by atomic mass is 10.1. The van der Waals surface area contributed by atoms with Crippen LogP contribution in [0.15, 0.2) is 36.4 Å². The minimum atomic E-state index is -0.118. The molecule has 6 heteroatoms. The van der Waals surface area contributed by atoms with Gasteiger partial charge in [0.15, 0.2) is 5.78 Å². The van der Waals surface area contributed by atoms with E-state index in [2.05, 4.69) is 10.6 Å². The Morgan fingerprint density at radius 2 is 1.84 bits per heavy atom. The summed E-state index contributed by atoms with van der Waals surface area (Å²) in [6.07, 6.45) is 0.291. The molecule has 2 rings (SSSR count). The van der Waals surface area contributed by atoms with Crippen LogP contribution in [0.5, 0.6) is 5.75 Å². The van der Waals surface area contributed by atoms with Gasteiger partial charge in [0.25, 0.3) is 0 Å². The highest BCUT2D eigenvalue weighted by Gasteiger charge is 2.08. The zero-order valence-corrected chi connectivity index (χ0v) is 15.2. The second-order valence-electron chi connectivity index (χ2n) is 5.66. The summed E-state index contributed by atoms with van der Waals surface area (Å²) in [6, 6.07) is 10.5. The first-order valence-electron chi connectivity index (χ1n) is 7.89. The standard InChI is InChI=1S/C19H21ClN2O3/c1-12-10-17(18(25-3)11-16(12)20)21-9-8-19(24)22-15-6-4-14(5-7-15)13(2)23/h4-7,10-11,21H,8-9H2,1-3H3,(H,22,24). The van der Waals surface area contributed by atoms with Crippen LogP contribution < -0.4 is 15.4 Å². The molecule has 0 saturated carbocycles. The van der Waals surface area contributed by atoms with Crippen LogP contribution in [-0.2, 0) is 4.79 Å². The molecule has 2 aromatic rings. The number of methoxy groups -OCH3 is 1. The highest BCUT2D eigenvalue weighted by Crippen LogP contribution is 2.30. The number of benzene rings is 2. The monoisotopic (exact) mass is 360 g/mol. The Balaban J connectivity index is 1.88. The van der Waals surface area contributed by atoms with Crippen LogP contribution in [0, 0.1) is 6.92 Å². The molecule has 0 heterocycles. The van der Waals surface area contributed by atoms with E-state index >= 15 is 0 Å². The van der Waals surface area contributed by atoms with Crippen molar-refractivity contribution >= 4 is 34.7 Å². The largest absolute Gasteiger partial charge is 0.495 e. The van der Waals surface area contributed by atoms with Crippen LogP contribution in [0.3, 0.4) is 0 Å². The molecule has 2 N–H and O–H groups in total. The Bertz CT molecular complexity index is 773. The lowest BCUT2D eigenvalue weighted by Gasteiger charge is -2.13. The molecule has 0 bridgehead atoms.